The van der Waals surface area contributed by atoms with Gasteiger partial charge in [0.1, 0.15) is 17.8 Å². The van der Waals surface area contributed by atoms with Crippen LogP contribution in [0.25, 0.3) is 0 Å². The standard InChI is InChI=1S/C26H40O7/c1-14(2)19-13-21(30-16(4)27)26(8,33-18(6)29)23-20-12-15(3)10-9-11-25(7,32-17(5)28)24(31-20)22(19)23/h10,14,19-24H,9,11-13H2,1-8H3/b15-10-/t19-,20-,21+,22-,23-,24-,25-,26-/m0/s1. The lowest BCUT2D eigenvalue weighted by atomic mass is 9.56. The predicted molar refractivity (Wildman–Crippen MR) is 122 cm³/mol. The largest absolute Gasteiger partial charge is 0.458 e. The Hall–Kier alpha value is -1.89. The summed E-state index contributed by atoms with van der Waals surface area (Å²) in [4.78, 5) is 36.5. The molecule has 0 aromatic heterocycles. The molecule has 2 bridgehead atoms. The molecule has 2 aliphatic heterocycles. The third-order valence-corrected chi connectivity index (χ3v) is 7.93. The van der Waals surface area contributed by atoms with Gasteiger partial charge < -0.3 is 18.9 Å². The summed E-state index contributed by atoms with van der Waals surface area (Å²) in [5.41, 5.74) is -0.681. The van der Waals surface area contributed by atoms with Crippen LogP contribution in [0.15, 0.2) is 11.6 Å². The first-order valence-electron chi connectivity index (χ1n) is 12.2. The van der Waals surface area contributed by atoms with Crippen LogP contribution in [0, 0.1) is 23.7 Å². The molecular formula is C26H40O7. The fourth-order valence-electron chi connectivity index (χ4n) is 6.73. The number of ether oxygens (including phenoxy) is 4. The summed E-state index contributed by atoms with van der Waals surface area (Å²) in [6.45, 7) is 14.4. The summed E-state index contributed by atoms with van der Waals surface area (Å²) >= 11 is 0. The molecule has 0 aromatic rings. The van der Waals surface area contributed by atoms with Crippen molar-refractivity contribution in [2.24, 2.45) is 23.7 Å². The van der Waals surface area contributed by atoms with Crippen LogP contribution < -0.4 is 0 Å². The van der Waals surface area contributed by atoms with Gasteiger partial charge >= 0.3 is 17.9 Å². The van der Waals surface area contributed by atoms with Crippen LogP contribution in [-0.4, -0.2) is 47.4 Å². The van der Waals surface area contributed by atoms with Crippen molar-refractivity contribution < 1.29 is 33.3 Å². The van der Waals surface area contributed by atoms with Crippen molar-refractivity contribution in [1.82, 2.24) is 0 Å². The van der Waals surface area contributed by atoms with E-state index >= 15 is 0 Å². The van der Waals surface area contributed by atoms with E-state index in [9.17, 15) is 14.4 Å². The van der Waals surface area contributed by atoms with E-state index in [0.29, 0.717) is 19.3 Å². The number of fused-ring (bicyclic) bond motifs is 5. The molecule has 0 aromatic carbocycles. The van der Waals surface area contributed by atoms with Crippen molar-refractivity contribution in [3.63, 3.8) is 0 Å². The maximum atomic E-state index is 12.3. The van der Waals surface area contributed by atoms with Crippen molar-refractivity contribution in [3.8, 4) is 0 Å². The number of hydrogen-bond acceptors (Lipinski definition) is 7. The Morgan fingerprint density at radius 2 is 1.70 bits per heavy atom. The van der Waals surface area contributed by atoms with Crippen LogP contribution in [0.2, 0.25) is 0 Å². The number of allylic oxidation sites excluding steroid dienone is 1. The Morgan fingerprint density at radius 1 is 1.06 bits per heavy atom. The zero-order chi connectivity index (χ0) is 24.7. The van der Waals surface area contributed by atoms with Gasteiger partial charge in [0.2, 0.25) is 0 Å². The van der Waals surface area contributed by atoms with Gasteiger partial charge in [-0.05, 0) is 58.3 Å². The van der Waals surface area contributed by atoms with Gasteiger partial charge in [-0.2, -0.15) is 0 Å². The highest BCUT2D eigenvalue weighted by Gasteiger charge is 2.67. The molecule has 0 spiro atoms. The number of esters is 3. The summed E-state index contributed by atoms with van der Waals surface area (Å²) in [6, 6.07) is 0. The summed E-state index contributed by atoms with van der Waals surface area (Å²) in [5.74, 6) is -0.984. The number of carbonyl (C=O) groups is 3. The van der Waals surface area contributed by atoms with Gasteiger partial charge in [0.25, 0.3) is 0 Å². The average molecular weight is 465 g/mol. The predicted octanol–water partition coefficient (Wildman–Crippen LogP) is 4.37. The molecule has 1 aliphatic carbocycles. The zero-order valence-electron chi connectivity index (χ0n) is 21.3. The van der Waals surface area contributed by atoms with Crippen LogP contribution in [-0.2, 0) is 33.3 Å². The van der Waals surface area contributed by atoms with E-state index in [0.717, 1.165) is 6.42 Å². The van der Waals surface area contributed by atoms with E-state index in [4.69, 9.17) is 18.9 Å². The van der Waals surface area contributed by atoms with Crippen LogP contribution in [0.3, 0.4) is 0 Å². The molecule has 3 rings (SSSR count). The van der Waals surface area contributed by atoms with Crippen molar-refractivity contribution in [2.45, 2.75) is 111 Å². The Bertz CT molecular complexity index is 817. The smallest absolute Gasteiger partial charge is 0.303 e. The van der Waals surface area contributed by atoms with E-state index in [-0.39, 0.29) is 41.8 Å². The second kappa shape index (κ2) is 9.40. The maximum Gasteiger partial charge on any atom is 0.303 e. The van der Waals surface area contributed by atoms with Gasteiger partial charge in [0.15, 0.2) is 5.60 Å². The fourth-order valence-corrected chi connectivity index (χ4v) is 6.73. The molecule has 186 valence electrons. The molecule has 0 N–H and O–H groups in total. The van der Waals surface area contributed by atoms with E-state index in [2.05, 4.69) is 26.8 Å². The maximum absolute atomic E-state index is 12.3. The summed E-state index contributed by atoms with van der Waals surface area (Å²) < 4.78 is 24.6. The Kier molecular flexibility index (Phi) is 7.33. The summed E-state index contributed by atoms with van der Waals surface area (Å²) in [7, 11) is 0. The Labute approximate surface area is 197 Å². The highest BCUT2D eigenvalue weighted by molar-refractivity contribution is 5.68. The van der Waals surface area contributed by atoms with Crippen LogP contribution >= 0.6 is 0 Å². The van der Waals surface area contributed by atoms with Gasteiger partial charge in [-0.3, -0.25) is 14.4 Å². The molecule has 7 heteroatoms. The second-order valence-electron chi connectivity index (χ2n) is 10.9. The van der Waals surface area contributed by atoms with Gasteiger partial charge in [0.05, 0.1) is 6.10 Å². The molecule has 2 fully saturated rings. The van der Waals surface area contributed by atoms with Crippen molar-refractivity contribution in [1.29, 1.82) is 0 Å². The zero-order valence-corrected chi connectivity index (χ0v) is 21.3. The number of rotatable bonds is 4. The lowest BCUT2D eigenvalue weighted by Gasteiger charge is -2.53. The molecule has 33 heavy (non-hydrogen) atoms. The van der Waals surface area contributed by atoms with Crippen LogP contribution in [0.1, 0.15) is 81.1 Å². The van der Waals surface area contributed by atoms with Gasteiger partial charge in [0, 0.05) is 32.6 Å². The second-order valence-corrected chi connectivity index (χ2v) is 10.9. The molecule has 1 saturated heterocycles. The van der Waals surface area contributed by atoms with Crippen molar-refractivity contribution in [2.75, 3.05) is 0 Å². The van der Waals surface area contributed by atoms with E-state index in [1.165, 1.54) is 26.3 Å². The van der Waals surface area contributed by atoms with Crippen molar-refractivity contribution in [3.05, 3.63) is 11.6 Å². The Balaban J connectivity index is 2.19. The molecule has 8 atom stereocenters. The van der Waals surface area contributed by atoms with Gasteiger partial charge in [-0.25, -0.2) is 0 Å². The molecule has 3 aliphatic rings. The minimum absolute atomic E-state index is 0.0265. The normalized spacial score (nSPS) is 42.2. The lowest BCUT2D eigenvalue weighted by Crippen LogP contribution is -2.63. The minimum Gasteiger partial charge on any atom is -0.458 e. The SMILES string of the molecule is CC(=O)O[C@@H]1C[C@@H](C(C)C)[C@H]2[C@H]([C@@H]3C/C(C)=C\CC[C@](C)(OC(C)=O)[C@H]2O3)[C@@]1(C)OC(C)=O. The van der Waals surface area contributed by atoms with E-state index < -0.39 is 29.2 Å². The van der Waals surface area contributed by atoms with Crippen LogP contribution in [0.4, 0.5) is 0 Å². The number of carbonyl (C=O) groups excluding carboxylic acids is 3. The third kappa shape index (κ3) is 4.98. The summed E-state index contributed by atoms with van der Waals surface area (Å²) in [6.07, 6.45) is 3.67. The first-order chi connectivity index (χ1) is 15.3. The van der Waals surface area contributed by atoms with Crippen LogP contribution in [0.5, 0.6) is 0 Å². The third-order valence-electron chi connectivity index (χ3n) is 7.93. The van der Waals surface area contributed by atoms with Gasteiger partial charge in [-0.1, -0.05) is 25.5 Å². The highest BCUT2D eigenvalue weighted by atomic mass is 16.6. The van der Waals surface area contributed by atoms with E-state index in [1.807, 2.05) is 13.8 Å². The molecule has 0 amide bonds. The Morgan fingerprint density at radius 3 is 2.24 bits per heavy atom. The molecular weight excluding hydrogens is 424 g/mol. The van der Waals surface area contributed by atoms with Crippen molar-refractivity contribution >= 4 is 17.9 Å². The molecule has 0 unspecified atom stereocenters. The summed E-state index contributed by atoms with van der Waals surface area (Å²) in [5, 5.41) is 0. The number of hydrogen-bond donors (Lipinski definition) is 0. The first-order valence-corrected chi connectivity index (χ1v) is 12.2. The first kappa shape index (κ1) is 25.7. The fraction of sp³-hybridized carbons (Fsp3) is 0.808. The monoisotopic (exact) mass is 464 g/mol. The van der Waals surface area contributed by atoms with E-state index in [1.54, 1.807) is 0 Å². The molecule has 2 heterocycles. The topological polar surface area (TPSA) is 88.1 Å². The quantitative estimate of drug-likeness (QED) is 0.347. The molecule has 0 radical (unpaired) electrons. The highest BCUT2D eigenvalue weighted by Crippen LogP contribution is 2.58. The lowest BCUT2D eigenvalue weighted by molar-refractivity contribution is -0.215. The minimum atomic E-state index is -1.05. The van der Waals surface area contributed by atoms with Gasteiger partial charge in [-0.15, -0.1) is 0 Å². The average Bonchev–Trinajstić information content (AvgIpc) is 3.04. The molecule has 7 nitrogen and oxygen atoms in total. The molecule has 1 saturated carbocycles.